The number of hydrogen-bond donors (Lipinski definition) is 1. The molecule has 0 fully saturated rings. The number of carbonyl (C=O) groups excluding carboxylic acids is 1. The quantitative estimate of drug-likeness (QED) is 0.675. The van der Waals surface area contributed by atoms with Gasteiger partial charge in [0.15, 0.2) is 5.69 Å². The van der Waals surface area contributed by atoms with Gasteiger partial charge in [0.05, 0.1) is 23.3 Å². The summed E-state index contributed by atoms with van der Waals surface area (Å²) in [7, 11) is 0. The Bertz CT molecular complexity index is 911. The minimum Gasteiger partial charge on any atom is -0.330 e. The molecule has 0 aliphatic rings. The Morgan fingerprint density at radius 3 is 2.72 bits per heavy atom. The van der Waals surface area contributed by atoms with Crippen LogP contribution in [-0.4, -0.2) is 43.6 Å². The number of H-pyrrole nitrogens is 1. The lowest BCUT2D eigenvalue weighted by molar-refractivity contribution is 0.0785. The van der Waals surface area contributed by atoms with Gasteiger partial charge in [0, 0.05) is 13.1 Å². The van der Waals surface area contributed by atoms with Crippen molar-refractivity contribution < 1.29 is 4.79 Å². The van der Waals surface area contributed by atoms with Crippen LogP contribution >= 0.6 is 0 Å². The number of rotatable bonds is 7. The highest BCUT2D eigenvalue weighted by Gasteiger charge is 2.17. The molecule has 0 atom stereocenters. The lowest BCUT2D eigenvalue weighted by Gasteiger charge is -2.17. The molecule has 0 unspecified atom stereocenters. The zero-order chi connectivity index (χ0) is 17.8. The molecule has 3 rings (SSSR count). The smallest absolute Gasteiger partial charge is 0.274 e. The lowest BCUT2D eigenvalue weighted by Crippen LogP contribution is -2.31. The number of imidazole rings is 1. The van der Waals surface area contributed by atoms with Crippen molar-refractivity contribution >= 4 is 16.9 Å². The second kappa shape index (κ2) is 7.17. The molecule has 25 heavy (non-hydrogen) atoms. The first-order chi connectivity index (χ1) is 12.1. The van der Waals surface area contributed by atoms with Crippen molar-refractivity contribution in [1.82, 2.24) is 24.6 Å². The SMILES string of the molecule is C=CCN(CC=C)C(=O)c1cc(Cn2c(C)nc3ccccc32)[nH]n1. The van der Waals surface area contributed by atoms with Crippen molar-refractivity contribution in [1.29, 1.82) is 0 Å². The first-order valence-electron chi connectivity index (χ1n) is 8.11. The van der Waals surface area contributed by atoms with E-state index in [2.05, 4.69) is 32.9 Å². The number of benzene rings is 1. The maximum atomic E-state index is 12.5. The number of carbonyl (C=O) groups is 1. The summed E-state index contributed by atoms with van der Waals surface area (Å²) in [5, 5.41) is 7.13. The van der Waals surface area contributed by atoms with Crippen LogP contribution in [-0.2, 0) is 6.54 Å². The fourth-order valence-electron chi connectivity index (χ4n) is 2.83. The largest absolute Gasteiger partial charge is 0.330 e. The van der Waals surface area contributed by atoms with E-state index < -0.39 is 0 Å². The van der Waals surface area contributed by atoms with Gasteiger partial charge < -0.3 is 9.47 Å². The summed E-state index contributed by atoms with van der Waals surface area (Å²) < 4.78 is 2.10. The molecule has 0 aliphatic carbocycles. The number of nitrogens with one attached hydrogen (secondary N) is 1. The van der Waals surface area contributed by atoms with Crippen molar-refractivity contribution in [3.05, 3.63) is 72.9 Å². The topological polar surface area (TPSA) is 66.8 Å². The summed E-state index contributed by atoms with van der Waals surface area (Å²) in [6.45, 7) is 10.8. The molecule has 0 spiro atoms. The lowest BCUT2D eigenvalue weighted by atomic mass is 10.3. The molecule has 6 heteroatoms. The second-order valence-corrected chi connectivity index (χ2v) is 5.80. The summed E-state index contributed by atoms with van der Waals surface area (Å²) in [6.07, 6.45) is 3.38. The number of fused-ring (bicyclic) bond motifs is 1. The van der Waals surface area contributed by atoms with Gasteiger partial charge in [0.25, 0.3) is 5.91 Å². The van der Waals surface area contributed by atoms with Crippen LogP contribution in [0, 0.1) is 6.92 Å². The van der Waals surface area contributed by atoms with E-state index in [1.807, 2.05) is 31.2 Å². The summed E-state index contributed by atoms with van der Waals surface area (Å²) >= 11 is 0. The number of aromatic amines is 1. The number of para-hydroxylation sites is 2. The maximum Gasteiger partial charge on any atom is 0.274 e. The minimum atomic E-state index is -0.144. The normalized spacial score (nSPS) is 10.8. The summed E-state index contributed by atoms with van der Waals surface area (Å²) in [4.78, 5) is 18.7. The van der Waals surface area contributed by atoms with E-state index in [9.17, 15) is 4.79 Å². The van der Waals surface area contributed by atoms with Crippen molar-refractivity contribution in [2.24, 2.45) is 0 Å². The molecule has 1 aromatic carbocycles. The number of aromatic nitrogens is 4. The van der Waals surface area contributed by atoms with Gasteiger partial charge in [0.2, 0.25) is 0 Å². The molecule has 0 bridgehead atoms. The van der Waals surface area contributed by atoms with Crippen LogP contribution in [0.25, 0.3) is 11.0 Å². The molecule has 0 radical (unpaired) electrons. The van der Waals surface area contributed by atoms with Crippen molar-refractivity contribution in [3.63, 3.8) is 0 Å². The van der Waals surface area contributed by atoms with Crippen LogP contribution in [0.2, 0.25) is 0 Å². The van der Waals surface area contributed by atoms with Crippen LogP contribution < -0.4 is 0 Å². The Morgan fingerprint density at radius 2 is 2.00 bits per heavy atom. The number of amides is 1. The van der Waals surface area contributed by atoms with E-state index in [1.54, 1.807) is 23.1 Å². The minimum absolute atomic E-state index is 0.144. The average Bonchev–Trinajstić information content (AvgIpc) is 3.20. The van der Waals surface area contributed by atoms with Crippen LogP contribution in [0.15, 0.2) is 55.6 Å². The van der Waals surface area contributed by atoms with Gasteiger partial charge in [-0.2, -0.15) is 5.10 Å². The summed E-state index contributed by atoms with van der Waals surface area (Å²) in [5.74, 6) is 0.776. The van der Waals surface area contributed by atoms with Gasteiger partial charge in [-0.3, -0.25) is 9.89 Å². The molecule has 6 nitrogen and oxygen atoms in total. The molecule has 1 amide bonds. The monoisotopic (exact) mass is 335 g/mol. The second-order valence-electron chi connectivity index (χ2n) is 5.80. The fraction of sp³-hybridized carbons (Fsp3) is 0.211. The Morgan fingerprint density at radius 1 is 1.28 bits per heavy atom. The maximum absolute atomic E-state index is 12.5. The molecule has 128 valence electrons. The molecule has 2 heterocycles. The first kappa shape index (κ1) is 16.7. The zero-order valence-corrected chi connectivity index (χ0v) is 14.3. The van der Waals surface area contributed by atoms with Gasteiger partial charge in [-0.05, 0) is 25.1 Å². The van der Waals surface area contributed by atoms with E-state index >= 15 is 0 Å². The molecule has 0 saturated heterocycles. The molecule has 0 aliphatic heterocycles. The first-order valence-corrected chi connectivity index (χ1v) is 8.11. The van der Waals surface area contributed by atoms with E-state index in [0.29, 0.717) is 25.3 Å². The Kier molecular flexibility index (Phi) is 4.79. The molecule has 1 N–H and O–H groups in total. The highest BCUT2D eigenvalue weighted by Crippen LogP contribution is 2.17. The van der Waals surface area contributed by atoms with E-state index in [1.165, 1.54) is 0 Å². The Hall–Kier alpha value is -3.15. The van der Waals surface area contributed by atoms with Crippen molar-refractivity contribution in [2.45, 2.75) is 13.5 Å². The van der Waals surface area contributed by atoms with Crippen LogP contribution in [0.4, 0.5) is 0 Å². The predicted octanol–water partition coefficient (Wildman–Crippen LogP) is 2.93. The van der Waals surface area contributed by atoms with Crippen molar-refractivity contribution in [3.8, 4) is 0 Å². The number of aryl methyl sites for hydroxylation is 1. The highest BCUT2D eigenvalue weighted by atomic mass is 16.2. The van der Waals surface area contributed by atoms with Gasteiger partial charge >= 0.3 is 0 Å². The number of nitrogens with zero attached hydrogens (tertiary/aromatic N) is 4. The third-order valence-corrected chi connectivity index (χ3v) is 4.01. The van der Waals surface area contributed by atoms with Gasteiger partial charge in [-0.15, -0.1) is 13.2 Å². The van der Waals surface area contributed by atoms with Crippen LogP contribution in [0.5, 0.6) is 0 Å². The highest BCUT2D eigenvalue weighted by molar-refractivity contribution is 5.92. The summed E-state index contributed by atoms with van der Waals surface area (Å²) in [6, 6.07) is 9.77. The Balaban J connectivity index is 1.83. The van der Waals surface area contributed by atoms with Crippen LogP contribution in [0.1, 0.15) is 22.0 Å². The fourth-order valence-corrected chi connectivity index (χ4v) is 2.83. The van der Waals surface area contributed by atoms with E-state index in [-0.39, 0.29) is 5.91 Å². The van der Waals surface area contributed by atoms with Gasteiger partial charge in [-0.25, -0.2) is 4.98 Å². The van der Waals surface area contributed by atoms with E-state index in [4.69, 9.17) is 0 Å². The van der Waals surface area contributed by atoms with E-state index in [0.717, 1.165) is 22.6 Å². The third kappa shape index (κ3) is 3.38. The molecule has 3 aromatic rings. The predicted molar refractivity (Wildman–Crippen MR) is 98.5 cm³/mol. The van der Waals surface area contributed by atoms with Gasteiger partial charge in [0.1, 0.15) is 5.82 Å². The molecule has 0 saturated carbocycles. The molecular formula is C19H21N5O. The van der Waals surface area contributed by atoms with Gasteiger partial charge in [-0.1, -0.05) is 24.3 Å². The standard InChI is InChI=1S/C19H21N5O/c1-4-10-23(11-5-2)19(25)17-12-15(21-22-17)13-24-14(3)20-16-8-6-7-9-18(16)24/h4-9,12H,1-2,10-11,13H2,3H3,(H,21,22). The zero-order valence-electron chi connectivity index (χ0n) is 14.3. The van der Waals surface area contributed by atoms with Crippen molar-refractivity contribution in [2.75, 3.05) is 13.1 Å². The summed E-state index contributed by atoms with van der Waals surface area (Å²) in [5.41, 5.74) is 3.26. The average molecular weight is 335 g/mol. The molecular weight excluding hydrogens is 314 g/mol. The Labute approximate surface area is 146 Å². The third-order valence-electron chi connectivity index (χ3n) is 4.01. The number of hydrogen-bond acceptors (Lipinski definition) is 3. The molecule has 2 aromatic heterocycles. The van der Waals surface area contributed by atoms with Crippen LogP contribution in [0.3, 0.4) is 0 Å².